The van der Waals surface area contributed by atoms with Crippen LogP contribution in [0.25, 0.3) is 6.08 Å². The van der Waals surface area contributed by atoms with Crippen molar-refractivity contribution in [2.75, 3.05) is 18.9 Å². The second-order valence-corrected chi connectivity index (χ2v) is 6.09. The average Bonchev–Trinajstić information content (AvgIpc) is 2.61. The molecule has 0 spiro atoms. The molecule has 2 aromatic carbocycles. The van der Waals surface area contributed by atoms with E-state index in [1.54, 1.807) is 6.08 Å². The molecule has 0 saturated carbocycles. The van der Waals surface area contributed by atoms with Gasteiger partial charge in [-0.1, -0.05) is 41.9 Å². The van der Waals surface area contributed by atoms with Crippen LogP contribution in [-0.4, -0.2) is 30.3 Å². The van der Waals surface area contributed by atoms with E-state index >= 15 is 0 Å². The first-order valence-corrected chi connectivity index (χ1v) is 8.19. The molecule has 0 atom stereocenters. The van der Waals surface area contributed by atoms with E-state index in [1.165, 1.54) is 19.2 Å². The fraction of sp³-hybridized carbons (Fsp3) is 0.158. The minimum absolute atomic E-state index is 0.0580. The second-order valence-electron chi connectivity index (χ2n) is 5.68. The molecule has 27 heavy (non-hydrogen) atoms. The highest BCUT2D eigenvalue weighted by Gasteiger charge is 2.33. The zero-order valence-corrected chi connectivity index (χ0v) is 15.0. The van der Waals surface area contributed by atoms with Gasteiger partial charge in [0, 0.05) is 18.8 Å². The van der Waals surface area contributed by atoms with Crippen molar-refractivity contribution < 1.29 is 22.8 Å². The van der Waals surface area contributed by atoms with Crippen LogP contribution < -0.4 is 5.32 Å². The molecule has 0 aliphatic heterocycles. The average molecular weight is 397 g/mol. The highest BCUT2D eigenvalue weighted by atomic mass is 35.5. The molecular formula is C19H16ClF3N2O2. The van der Waals surface area contributed by atoms with Gasteiger partial charge < -0.3 is 10.2 Å². The maximum Gasteiger partial charge on any atom is 0.417 e. The maximum absolute atomic E-state index is 12.8. The molecule has 8 heteroatoms. The van der Waals surface area contributed by atoms with Crippen molar-refractivity contribution in [2.24, 2.45) is 0 Å². The Morgan fingerprint density at radius 2 is 1.81 bits per heavy atom. The molecule has 4 nitrogen and oxygen atoms in total. The lowest BCUT2D eigenvalue weighted by molar-refractivity contribution is -0.137. The van der Waals surface area contributed by atoms with Crippen molar-refractivity contribution in [3.05, 3.63) is 70.8 Å². The van der Waals surface area contributed by atoms with Gasteiger partial charge in [-0.05, 0) is 29.8 Å². The number of carbonyl (C=O) groups excluding carboxylic acids is 2. The van der Waals surface area contributed by atoms with E-state index in [9.17, 15) is 22.8 Å². The number of amides is 2. The number of hydrogen-bond acceptors (Lipinski definition) is 2. The van der Waals surface area contributed by atoms with Crippen molar-refractivity contribution in [3.8, 4) is 0 Å². The summed E-state index contributed by atoms with van der Waals surface area (Å²) in [5.74, 6) is -1.05. The second kappa shape index (κ2) is 8.73. The first-order chi connectivity index (χ1) is 12.7. The summed E-state index contributed by atoms with van der Waals surface area (Å²) in [6, 6.07) is 12.2. The predicted molar refractivity (Wildman–Crippen MR) is 98.2 cm³/mol. The van der Waals surface area contributed by atoms with Crippen molar-refractivity contribution in [2.45, 2.75) is 6.18 Å². The first kappa shape index (κ1) is 20.5. The molecule has 0 saturated heterocycles. The zero-order valence-electron chi connectivity index (χ0n) is 14.3. The van der Waals surface area contributed by atoms with E-state index in [4.69, 9.17) is 11.6 Å². The molecule has 0 aliphatic rings. The third-order valence-electron chi connectivity index (χ3n) is 3.53. The fourth-order valence-electron chi connectivity index (χ4n) is 2.17. The molecule has 0 bridgehead atoms. The number of rotatable bonds is 5. The molecule has 0 radical (unpaired) electrons. The number of benzene rings is 2. The quantitative estimate of drug-likeness (QED) is 0.758. The number of nitrogens with one attached hydrogen (secondary N) is 1. The van der Waals surface area contributed by atoms with E-state index in [0.29, 0.717) is 0 Å². The van der Waals surface area contributed by atoms with Crippen molar-refractivity contribution in [3.63, 3.8) is 0 Å². The molecule has 0 aliphatic carbocycles. The Kier molecular flexibility index (Phi) is 6.63. The summed E-state index contributed by atoms with van der Waals surface area (Å²) in [5, 5.41) is 1.87. The molecular weight excluding hydrogens is 381 g/mol. The number of carbonyl (C=O) groups is 2. The Morgan fingerprint density at radius 3 is 2.44 bits per heavy atom. The largest absolute Gasteiger partial charge is 0.417 e. The number of anilines is 1. The summed E-state index contributed by atoms with van der Waals surface area (Å²) in [5.41, 5.74) is -0.279. The molecule has 1 N–H and O–H groups in total. The molecule has 142 valence electrons. The SMILES string of the molecule is CN(CC(=O)Nc1ccc(Cl)c(C(F)(F)F)c1)C(=O)C=Cc1ccccc1. The normalized spacial score (nSPS) is 11.4. The summed E-state index contributed by atoms with van der Waals surface area (Å²) in [7, 11) is 1.42. The van der Waals surface area contributed by atoms with Gasteiger partial charge in [-0.15, -0.1) is 0 Å². The Balaban J connectivity index is 1.97. The van der Waals surface area contributed by atoms with Crippen LogP contribution in [0, 0.1) is 0 Å². The van der Waals surface area contributed by atoms with Crippen LogP contribution in [0.4, 0.5) is 18.9 Å². The number of nitrogens with zero attached hydrogens (tertiary/aromatic N) is 1. The molecule has 2 rings (SSSR count). The lowest BCUT2D eigenvalue weighted by atomic mass is 10.2. The van der Waals surface area contributed by atoms with Crippen LogP contribution in [0.3, 0.4) is 0 Å². The van der Waals surface area contributed by atoms with Gasteiger partial charge in [0.15, 0.2) is 0 Å². The molecule has 0 unspecified atom stereocenters. The predicted octanol–water partition coefficient (Wildman–Crippen LogP) is 4.47. The number of likely N-dealkylation sites (N-methyl/N-ethyl adjacent to an activating group) is 1. The van der Waals surface area contributed by atoms with Crippen LogP contribution in [0.5, 0.6) is 0 Å². The lowest BCUT2D eigenvalue weighted by Crippen LogP contribution is -2.33. The van der Waals surface area contributed by atoms with E-state index in [-0.39, 0.29) is 12.2 Å². The summed E-state index contributed by atoms with van der Waals surface area (Å²) < 4.78 is 38.5. The molecule has 0 heterocycles. The standard InChI is InChI=1S/C19H16ClF3N2O2/c1-25(18(27)10-7-13-5-3-2-4-6-13)12-17(26)24-14-8-9-16(20)15(11-14)19(21,22)23/h2-11H,12H2,1H3,(H,24,26). The van der Waals surface area contributed by atoms with E-state index < -0.39 is 28.6 Å². The van der Waals surface area contributed by atoms with Crippen LogP contribution >= 0.6 is 11.6 Å². The Labute approximate surface area is 159 Å². The fourth-order valence-corrected chi connectivity index (χ4v) is 2.40. The number of hydrogen-bond donors (Lipinski definition) is 1. The van der Waals surface area contributed by atoms with Gasteiger partial charge >= 0.3 is 6.18 Å². The lowest BCUT2D eigenvalue weighted by Gasteiger charge is -2.16. The Morgan fingerprint density at radius 1 is 1.15 bits per heavy atom. The third kappa shape index (κ3) is 6.14. The van der Waals surface area contributed by atoms with E-state index in [0.717, 1.165) is 22.6 Å². The van der Waals surface area contributed by atoms with Crippen molar-refractivity contribution >= 4 is 35.2 Å². The zero-order chi connectivity index (χ0) is 20.0. The van der Waals surface area contributed by atoms with Crippen LogP contribution in [0.15, 0.2) is 54.6 Å². The summed E-state index contributed by atoms with van der Waals surface area (Å²) in [4.78, 5) is 25.2. The van der Waals surface area contributed by atoms with Gasteiger partial charge in [-0.2, -0.15) is 13.2 Å². The summed E-state index contributed by atoms with van der Waals surface area (Å²) >= 11 is 5.54. The van der Waals surface area contributed by atoms with E-state index in [1.807, 2.05) is 30.3 Å². The van der Waals surface area contributed by atoms with Gasteiger partial charge in [0.05, 0.1) is 17.1 Å². The topological polar surface area (TPSA) is 49.4 Å². The van der Waals surface area contributed by atoms with Gasteiger partial charge in [0.2, 0.25) is 11.8 Å². The van der Waals surface area contributed by atoms with Crippen molar-refractivity contribution in [1.82, 2.24) is 4.90 Å². The summed E-state index contributed by atoms with van der Waals surface area (Å²) in [6.07, 6.45) is -1.72. The molecule has 0 fully saturated rings. The number of alkyl halides is 3. The highest BCUT2D eigenvalue weighted by molar-refractivity contribution is 6.31. The Bertz CT molecular complexity index is 852. The van der Waals surface area contributed by atoms with Crippen LogP contribution in [0.1, 0.15) is 11.1 Å². The van der Waals surface area contributed by atoms with Crippen LogP contribution in [-0.2, 0) is 15.8 Å². The monoisotopic (exact) mass is 396 g/mol. The van der Waals surface area contributed by atoms with Gasteiger partial charge in [-0.3, -0.25) is 9.59 Å². The number of halogens is 4. The third-order valence-corrected chi connectivity index (χ3v) is 3.86. The van der Waals surface area contributed by atoms with Crippen molar-refractivity contribution in [1.29, 1.82) is 0 Å². The summed E-state index contributed by atoms with van der Waals surface area (Å²) in [6.45, 7) is -0.318. The minimum atomic E-state index is -4.63. The molecule has 2 amide bonds. The van der Waals surface area contributed by atoms with Gasteiger partial charge in [-0.25, -0.2) is 0 Å². The maximum atomic E-state index is 12.8. The van der Waals surface area contributed by atoms with E-state index in [2.05, 4.69) is 5.32 Å². The van der Waals surface area contributed by atoms with Gasteiger partial charge in [0.1, 0.15) is 0 Å². The van der Waals surface area contributed by atoms with Gasteiger partial charge in [0.25, 0.3) is 0 Å². The van der Waals surface area contributed by atoms with Crippen LogP contribution in [0.2, 0.25) is 5.02 Å². The molecule has 0 aromatic heterocycles. The smallest absolute Gasteiger partial charge is 0.333 e. The molecule has 2 aromatic rings. The minimum Gasteiger partial charge on any atom is -0.333 e. The highest BCUT2D eigenvalue weighted by Crippen LogP contribution is 2.36. The first-order valence-electron chi connectivity index (χ1n) is 7.81. The Hall–Kier alpha value is -2.80.